The maximum absolute atomic E-state index is 12.6. The van der Waals surface area contributed by atoms with E-state index in [2.05, 4.69) is 17.6 Å². The molecule has 0 spiro atoms. The summed E-state index contributed by atoms with van der Waals surface area (Å²) in [7, 11) is 1.51. The minimum Gasteiger partial charge on any atom is -0.495 e. The first kappa shape index (κ1) is 22.6. The van der Waals surface area contributed by atoms with Crippen LogP contribution in [0.3, 0.4) is 0 Å². The molecule has 164 valence electrons. The van der Waals surface area contributed by atoms with Gasteiger partial charge >= 0.3 is 0 Å². The lowest BCUT2D eigenvalue weighted by Gasteiger charge is -2.16. The molecule has 3 amide bonds. The molecule has 2 N–H and O–H groups in total. The summed E-state index contributed by atoms with van der Waals surface area (Å²) in [5.74, 6) is -0.347. The molecule has 0 radical (unpaired) electrons. The summed E-state index contributed by atoms with van der Waals surface area (Å²) in [6.07, 6.45) is 2.17. The highest BCUT2D eigenvalue weighted by Gasteiger charge is 2.33. The van der Waals surface area contributed by atoms with E-state index in [1.807, 2.05) is 0 Å². The van der Waals surface area contributed by atoms with Gasteiger partial charge in [-0.15, -0.1) is 0 Å². The molecule has 0 aliphatic carbocycles. The Kier molecular flexibility index (Phi) is 7.52. The second-order valence-corrected chi connectivity index (χ2v) is 7.90. The van der Waals surface area contributed by atoms with Gasteiger partial charge in [-0.25, -0.2) is 0 Å². The Hall–Kier alpha value is -3.06. The van der Waals surface area contributed by atoms with Crippen molar-refractivity contribution in [1.82, 2.24) is 4.90 Å². The van der Waals surface area contributed by atoms with Crippen LogP contribution in [0.4, 0.5) is 11.4 Å². The van der Waals surface area contributed by atoms with Crippen LogP contribution in [0.5, 0.6) is 5.75 Å². The number of hydrogen-bond acceptors (Lipinski definition) is 4. The van der Waals surface area contributed by atoms with Gasteiger partial charge in [0.25, 0.3) is 5.91 Å². The molecule has 0 saturated carbocycles. The normalized spacial score (nSPS) is 15.6. The number of ether oxygens (including phenoxy) is 1. The summed E-state index contributed by atoms with van der Waals surface area (Å²) < 4.78 is 5.24. The summed E-state index contributed by atoms with van der Waals surface area (Å²) in [4.78, 5) is 38.9. The lowest BCUT2D eigenvalue weighted by Crippen LogP contribution is -2.29. The topological polar surface area (TPSA) is 87.7 Å². The van der Waals surface area contributed by atoms with Gasteiger partial charge in [-0.05, 0) is 48.9 Å². The van der Waals surface area contributed by atoms with E-state index in [1.54, 1.807) is 47.4 Å². The van der Waals surface area contributed by atoms with E-state index in [9.17, 15) is 14.4 Å². The van der Waals surface area contributed by atoms with Crippen LogP contribution in [-0.4, -0.2) is 42.8 Å². The lowest BCUT2D eigenvalue weighted by atomic mass is 10.1. The van der Waals surface area contributed by atoms with Crippen molar-refractivity contribution in [2.24, 2.45) is 5.92 Å². The van der Waals surface area contributed by atoms with Gasteiger partial charge in [0.05, 0.1) is 18.7 Å². The van der Waals surface area contributed by atoms with Crippen LogP contribution < -0.4 is 15.4 Å². The molecule has 1 saturated heterocycles. The van der Waals surface area contributed by atoms with E-state index in [0.717, 1.165) is 12.8 Å². The molecule has 0 bridgehead atoms. The zero-order valence-electron chi connectivity index (χ0n) is 17.6. The van der Waals surface area contributed by atoms with E-state index in [4.69, 9.17) is 16.3 Å². The predicted octanol–water partition coefficient (Wildman–Crippen LogP) is 4.19. The molecule has 1 aliphatic heterocycles. The first-order valence-corrected chi connectivity index (χ1v) is 10.6. The third-order valence-electron chi connectivity index (χ3n) is 5.19. The predicted molar refractivity (Wildman–Crippen MR) is 121 cm³/mol. The van der Waals surface area contributed by atoms with E-state index in [-0.39, 0.29) is 30.1 Å². The number of methoxy groups -OCH3 is 1. The number of unbranched alkanes of at least 4 members (excludes halogenated alkanes) is 1. The fourth-order valence-electron chi connectivity index (χ4n) is 3.43. The highest BCUT2D eigenvalue weighted by Crippen LogP contribution is 2.28. The van der Waals surface area contributed by atoms with Crippen molar-refractivity contribution >= 4 is 40.7 Å². The van der Waals surface area contributed by atoms with E-state index >= 15 is 0 Å². The molecule has 31 heavy (non-hydrogen) atoms. The zero-order valence-corrected chi connectivity index (χ0v) is 18.4. The fraction of sp³-hybridized carbons (Fsp3) is 0.348. The van der Waals surface area contributed by atoms with Gasteiger partial charge in [0.2, 0.25) is 11.8 Å². The number of hydrogen-bond donors (Lipinski definition) is 2. The maximum atomic E-state index is 12.6. The molecule has 7 nitrogen and oxygen atoms in total. The molecule has 1 heterocycles. The van der Waals surface area contributed by atoms with E-state index < -0.39 is 0 Å². The number of anilines is 2. The second kappa shape index (κ2) is 10.3. The Morgan fingerprint density at radius 3 is 2.58 bits per heavy atom. The summed E-state index contributed by atoms with van der Waals surface area (Å²) >= 11 is 6.00. The maximum Gasteiger partial charge on any atom is 0.255 e. The van der Waals surface area contributed by atoms with Crippen molar-refractivity contribution < 1.29 is 19.1 Å². The van der Waals surface area contributed by atoms with Gasteiger partial charge in [0.15, 0.2) is 0 Å². The van der Waals surface area contributed by atoms with Crippen molar-refractivity contribution in [2.45, 2.75) is 26.2 Å². The van der Waals surface area contributed by atoms with Gasteiger partial charge in [-0.1, -0.05) is 24.9 Å². The number of halogens is 1. The fourth-order valence-corrected chi connectivity index (χ4v) is 3.61. The van der Waals surface area contributed by atoms with Gasteiger partial charge < -0.3 is 20.3 Å². The Balaban J connectivity index is 1.59. The number of likely N-dealkylation sites (tertiary alicyclic amines) is 1. The molecule has 1 fully saturated rings. The number of amides is 3. The second-order valence-electron chi connectivity index (χ2n) is 7.46. The number of benzene rings is 2. The summed E-state index contributed by atoms with van der Waals surface area (Å²) in [6.45, 7) is 3.22. The van der Waals surface area contributed by atoms with Crippen LogP contribution in [0, 0.1) is 5.92 Å². The van der Waals surface area contributed by atoms with Crippen LogP contribution in [0.2, 0.25) is 5.02 Å². The minimum atomic E-state index is -0.359. The zero-order chi connectivity index (χ0) is 22.4. The number of carbonyl (C=O) groups is 3. The molecule has 8 heteroatoms. The molecule has 1 aliphatic rings. The van der Waals surface area contributed by atoms with Crippen molar-refractivity contribution in [2.75, 3.05) is 30.8 Å². The first-order valence-electron chi connectivity index (χ1n) is 10.2. The van der Waals surface area contributed by atoms with Crippen molar-refractivity contribution in [3.8, 4) is 5.75 Å². The molecule has 3 rings (SSSR count). The molecular formula is C23H26ClN3O4. The molecule has 1 atom stereocenters. The van der Waals surface area contributed by atoms with Gasteiger partial charge in [-0.2, -0.15) is 0 Å². The van der Waals surface area contributed by atoms with Crippen LogP contribution in [-0.2, 0) is 9.59 Å². The largest absolute Gasteiger partial charge is 0.495 e. The van der Waals surface area contributed by atoms with Gasteiger partial charge in [0, 0.05) is 35.8 Å². The number of rotatable bonds is 8. The first-order chi connectivity index (χ1) is 14.9. The summed E-state index contributed by atoms with van der Waals surface area (Å²) in [5.41, 5.74) is 1.46. The van der Waals surface area contributed by atoms with Gasteiger partial charge in [0.1, 0.15) is 5.75 Å². The van der Waals surface area contributed by atoms with Crippen LogP contribution in [0.1, 0.15) is 36.5 Å². The minimum absolute atomic E-state index is 0.0251. The summed E-state index contributed by atoms with van der Waals surface area (Å²) in [5, 5.41) is 6.09. The smallest absolute Gasteiger partial charge is 0.255 e. The average molecular weight is 444 g/mol. The number of carbonyl (C=O) groups excluding carboxylic acids is 3. The SMILES string of the molecule is CCCCN1CC(C(=O)Nc2ccc(C(=O)Nc3cc(Cl)ccc3OC)cc2)CC1=O. The van der Waals surface area contributed by atoms with Crippen LogP contribution in [0.15, 0.2) is 42.5 Å². The average Bonchev–Trinajstić information content (AvgIpc) is 3.13. The van der Waals surface area contributed by atoms with Gasteiger partial charge in [-0.3, -0.25) is 14.4 Å². The highest BCUT2D eigenvalue weighted by atomic mass is 35.5. The van der Waals surface area contributed by atoms with Crippen molar-refractivity contribution in [1.29, 1.82) is 0 Å². The van der Waals surface area contributed by atoms with E-state index in [0.29, 0.717) is 40.8 Å². The Bertz CT molecular complexity index is 962. The van der Waals surface area contributed by atoms with Crippen molar-refractivity contribution in [3.63, 3.8) is 0 Å². The van der Waals surface area contributed by atoms with Crippen molar-refractivity contribution in [3.05, 3.63) is 53.1 Å². The molecule has 0 aromatic heterocycles. The van der Waals surface area contributed by atoms with Crippen LogP contribution >= 0.6 is 11.6 Å². The van der Waals surface area contributed by atoms with Crippen LogP contribution in [0.25, 0.3) is 0 Å². The Morgan fingerprint density at radius 1 is 1.16 bits per heavy atom. The third kappa shape index (κ3) is 5.76. The standard InChI is InChI=1S/C23H26ClN3O4/c1-3-4-11-27-14-16(12-21(27)28)23(30)25-18-8-5-15(6-9-18)22(29)26-19-13-17(24)7-10-20(19)31-2/h5-10,13,16H,3-4,11-12,14H2,1-2H3,(H,25,30)(H,26,29). The number of nitrogens with one attached hydrogen (secondary N) is 2. The van der Waals surface area contributed by atoms with E-state index in [1.165, 1.54) is 7.11 Å². The Morgan fingerprint density at radius 2 is 1.90 bits per heavy atom. The highest BCUT2D eigenvalue weighted by molar-refractivity contribution is 6.31. The lowest BCUT2D eigenvalue weighted by molar-refractivity contribution is -0.128. The Labute approximate surface area is 186 Å². The quantitative estimate of drug-likeness (QED) is 0.640. The molecule has 2 aromatic carbocycles. The molecule has 1 unspecified atom stereocenters. The molecular weight excluding hydrogens is 418 g/mol. The molecule has 2 aromatic rings. The third-order valence-corrected chi connectivity index (χ3v) is 5.43. The monoisotopic (exact) mass is 443 g/mol. The number of nitrogens with zero attached hydrogens (tertiary/aromatic N) is 1. The summed E-state index contributed by atoms with van der Waals surface area (Å²) in [6, 6.07) is 11.5.